The summed E-state index contributed by atoms with van der Waals surface area (Å²) in [4.78, 5) is 21.7. The maximum Gasteiger partial charge on any atom is 0.320 e. The van der Waals surface area contributed by atoms with Crippen LogP contribution in [0.15, 0.2) is 24.3 Å². The van der Waals surface area contributed by atoms with Crippen LogP contribution in [-0.4, -0.2) is 39.4 Å². The summed E-state index contributed by atoms with van der Waals surface area (Å²) in [6.07, 6.45) is 4.03. The molecule has 0 aromatic carbocycles. The zero-order valence-electron chi connectivity index (χ0n) is 8.41. The number of nitrogens with two attached hydrogens (primary N) is 1. The largest absolute Gasteiger partial charge is 0.480 e. The molecule has 1 unspecified atom stereocenters. The monoisotopic (exact) mass is 227 g/mol. The molecule has 1 aliphatic rings. The Bertz CT molecular complexity index is 346. The van der Waals surface area contributed by atoms with Gasteiger partial charge in [0, 0.05) is 0 Å². The molecule has 0 amide bonds. The molecule has 0 aromatic heterocycles. The number of aliphatic carboxylic acids is 2. The quantitative estimate of drug-likeness (QED) is 0.473. The van der Waals surface area contributed by atoms with Crippen LogP contribution in [0.3, 0.4) is 0 Å². The lowest BCUT2D eigenvalue weighted by Gasteiger charge is -2.27. The SMILES string of the molecule is NC(CC1(C(=O)O)C=CC(O)C=C1)C(=O)O. The average Bonchev–Trinajstić information content (AvgIpc) is 2.21. The average molecular weight is 227 g/mol. The smallest absolute Gasteiger partial charge is 0.320 e. The van der Waals surface area contributed by atoms with Crippen molar-refractivity contribution < 1.29 is 24.9 Å². The fraction of sp³-hybridized carbons (Fsp3) is 0.400. The maximum absolute atomic E-state index is 11.1. The summed E-state index contributed by atoms with van der Waals surface area (Å²) in [5, 5.41) is 26.9. The first-order valence-electron chi connectivity index (χ1n) is 4.66. The predicted octanol–water partition coefficient (Wildman–Crippen LogP) is -0.654. The Morgan fingerprint density at radius 1 is 1.31 bits per heavy atom. The molecule has 0 aromatic rings. The van der Waals surface area contributed by atoms with Gasteiger partial charge in [-0.25, -0.2) is 0 Å². The van der Waals surface area contributed by atoms with Gasteiger partial charge < -0.3 is 21.1 Å². The van der Waals surface area contributed by atoms with E-state index in [1.165, 1.54) is 24.3 Å². The Balaban J connectivity index is 2.92. The number of aliphatic hydroxyl groups is 1. The maximum atomic E-state index is 11.1. The molecule has 0 saturated carbocycles. The molecule has 1 atom stereocenters. The minimum absolute atomic E-state index is 0.253. The first-order valence-corrected chi connectivity index (χ1v) is 4.66. The molecule has 0 saturated heterocycles. The number of hydrogen-bond donors (Lipinski definition) is 4. The normalized spacial score (nSPS) is 30.0. The van der Waals surface area contributed by atoms with Gasteiger partial charge in [-0.2, -0.15) is 0 Å². The third-order valence-electron chi connectivity index (χ3n) is 2.45. The Kier molecular flexibility index (Phi) is 3.46. The first-order chi connectivity index (χ1) is 7.37. The highest BCUT2D eigenvalue weighted by molar-refractivity contribution is 5.82. The molecule has 6 heteroatoms. The third kappa shape index (κ3) is 2.47. The number of rotatable bonds is 4. The predicted molar refractivity (Wildman–Crippen MR) is 54.6 cm³/mol. The van der Waals surface area contributed by atoms with E-state index in [1.807, 2.05) is 0 Å². The second-order valence-electron chi connectivity index (χ2n) is 3.70. The minimum atomic E-state index is -1.45. The number of carbonyl (C=O) groups is 2. The number of aliphatic hydroxyl groups excluding tert-OH is 1. The highest BCUT2D eigenvalue weighted by Crippen LogP contribution is 2.31. The van der Waals surface area contributed by atoms with Crippen LogP contribution in [0.25, 0.3) is 0 Å². The molecule has 5 N–H and O–H groups in total. The van der Waals surface area contributed by atoms with E-state index in [-0.39, 0.29) is 6.42 Å². The van der Waals surface area contributed by atoms with E-state index in [0.717, 1.165) is 0 Å². The van der Waals surface area contributed by atoms with Crippen molar-refractivity contribution in [1.29, 1.82) is 0 Å². The van der Waals surface area contributed by atoms with Gasteiger partial charge in [-0.1, -0.05) is 24.3 Å². The Labute approximate surface area is 91.7 Å². The molecular formula is C10H13NO5. The molecule has 0 spiro atoms. The Hall–Kier alpha value is -1.66. The molecule has 0 radical (unpaired) electrons. The molecule has 6 nitrogen and oxygen atoms in total. The van der Waals surface area contributed by atoms with Crippen LogP contribution in [0, 0.1) is 5.41 Å². The fourth-order valence-corrected chi connectivity index (χ4v) is 1.48. The van der Waals surface area contributed by atoms with Gasteiger partial charge >= 0.3 is 11.9 Å². The minimum Gasteiger partial charge on any atom is -0.480 e. The van der Waals surface area contributed by atoms with Crippen LogP contribution in [0.5, 0.6) is 0 Å². The van der Waals surface area contributed by atoms with Gasteiger partial charge in [-0.15, -0.1) is 0 Å². The number of carboxylic acids is 2. The van der Waals surface area contributed by atoms with Crippen molar-refractivity contribution in [2.75, 3.05) is 0 Å². The summed E-state index contributed by atoms with van der Waals surface area (Å²) in [5.41, 5.74) is 3.86. The summed E-state index contributed by atoms with van der Waals surface area (Å²) in [6, 6.07) is -1.26. The second kappa shape index (κ2) is 4.46. The van der Waals surface area contributed by atoms with Gasteiger partial charge in [0.25, 0.3) is 0 Å². The van der Waals surface area contributed by atoms with E-state index in [0.29, 0.717) is 0 Å². The fourth-order valence-electron chi connectivity index (χ4n) is 1.48. The van der Waals surface area contributed by atoms with Crippen molar-refractivity contribution in [1.82, 2.24) is 0 Å². The molecule has 16 heavy (non-hydrogen) atoms. The Morgan fingerprint density at radius 2 is 1.81 bits per heavy atom. The van der Waals surface area contributed by atoms with Crippen LogP contribution in [-0.2, 0) is 9.59 Å². The van der Waals surface area contributed by atoms with E-state index in [9.17, 15) is 9.59 Å². The zero-order chi connectivity index (χ0) is 12.3. The van der Waals surface area contributed by atoms with Crippen LogP contribution in [0.2, 0.25) is 0 Å². The summed E-state index contributed by atoms with van der Waals surface area (Å²) in [6.45, 7) is 0. The van der Waals surface area contributed by atoms with Crippen molar-refractivity contribution >= 4 is 11.9 Å². The van der Waals surface area contributed by atoms with Gasteiger partial charge in [0.2, 0.25) is 0 Å². The van der Waals surface area contributed by atoms with E-state index < -0.39 is 29.5 Å². The van der Waals surface area contributed by atoms with Crippen LogP contribution < -0.4 is 5.73 Å². The molecule has 88 valence electrons. The van der Waals surface area contributed by atoms with Crippen molar-refractivity contribution in [2.45, 2.75) is 18.6 Å². The van der Waals surface area contributed by atoms with Crippen molar-refractivity contribution in [3.63, 3.8) is 0 Å². The molecule has 1 rings (SSSR count). The molecular weight excluding hydrogens is 214 g/mol. The van der Waals surface area contributed by atoms with Gasteiger partial charge in [0.15, 0.2) is 0 Å². The molecule has 0 bridgehead atoms. The summed E-state index contributed by atoms with van der Waals surface area (Å²) in [5.74, 6) is -2.45. The zero-order valence-corrected chi connectivity index (χ0v) is 8.41. The molecule has 0 fully saturated rings. The van der Waals surface area contributed by atoms with E-state index in [4.69, 9.17) is 21.1 Å². The molecule has 0 aliphatic heterocycles. The second-order valence-corrected chi connectivity index (χ2v) is 3.70. The first kappa shape index (κ1) is 12.4. The van der Waals surface area contributed by atoms with E-state index >= 15 is 0 Å². The lowest BCUT2D eigenvalue weighted by atomic mass is 9.78. The molecule has 0 heterocycles. The third-order valence-corrected chi connectivity index (χ3v) is 2.45. The Morgan fingerprint density at radius 3 is 2.19 bits per heavy atom. The van der Waals surface area contributed by atoms with E-state index in [1.54, 1.807) is 0 Å². The van der Waals surface area contributed by atoms with Crippen LogP contribution >= 0.6 is 0 Å². The van der Waals surface area contributed by atoms with E-state index in [2.05, 4.69) is 0 Å². The van der Waals surface area contributed by atoms with Gasteiger partial charge in [-0.3, -0.25) is 9.59 Å². The number of carboxylic acid groups (broad SMARTS) is 2. The molecule has 1 aliphatic carbocycles. The van der Waals surface area contributed by atoms with Crippen LogP contribution in [0.1, 0.15) is 6.42 Å². The van der Waals surface area contributed by atoms with Crippen molar-refractivity contribution in [3.05, 3.63) is 24.3 Å². The topological polar surface area (TPSA) is 121 Å². The van der Waals surface area contributed by atoms with Gasteiger partial charge in [0.1, 0.15) is 11.5 Å². The summed E-state index contributed by atoms with van der Waals surface area (Å²) < 4.78 is 0. The lowest BCUT2D eigenvalue weighted by Crippen LogP contribution is -2.40. The lowest BCUT2D eigenvalue weighted by molar-refractivity contribution is -0.145. The van der Waals surface area contributed by atoms with Gasteiger partial charge in [0.05, 0.1) is 6.10 Å². The van der Waals surface area contributed by atoms with Crippen molar-refractivity contribution in [3.8, 4) is 0 Å². The van der Waals surface area contributed by atoms with Crippen molar-refractivity contribution in [2.24, 2.45) is 11.1 Å². The van der Waals surface area contributed by atoms with Gasteiger partial charge in [-0.05, 0) is 6.42 Å². The highest BCUT2D eigenvalue weighted by atomic mass is 16.4. The number of hydrogen-bond acceptors (Lipinski definition) is 4. The summed E-state index contributed by atoms with van der Waals surface area (Å²) >= 11 is 0. The highest BCUT2D eigenvalue weighted by Gasteiger charge is 2.38. The van der Waals surface area contributed by atoms with Crippen LogP contribution in [0.4, 0.5) is 0 Å². The summed E-state index contributed by atoms with van der Waals surface area (Å²) in [7, 11) is 0. The standard InChI is InChI=1S/C10H13NO5/c11-7(8(13)14)5-10(9(15)16)3-1-6(12)2-4-10/h1-4,6-7,12H,5,11H2,(H,13,14)(H,15,16).